The highest BCUT2D eigenvalue weighted by atomic mass is 32.2. The predicted octanol–water partition coefficient (Wildman–Crippen LogP) is 3.49. The molecule has 1 N–H and O–H groups in total. The number of carbonyl (C=O) groups is 2. The summed E-state index contributed by atoms with van der Waals surface area (Å²) in [6.45, 7) is 5.69. The average Bonchev–Trinajstić information content (AvgIpc) is 3.01. The van der Waals surface area contributed by atoms with Gasteiger partial charge >= 0.3 is 0 Å². The Hall–Kier alpha value is -2.67. The van der Waals surface area contributed by atoms with Crippen molar-refractivity contribution in [3.8, 4) is 0 Å². The van der Waals surface area contributed by atoms with E-state index in [1.54, 1.807) is 23.1 Å². The number of rotatable bonds is 6. The van der Waals surface area contributed by atoms with Crippen LogP contribution < -0.4 is 10.2 Å². The minimum Gasteiger partial charge on any atom is -0.326 e. The monoisotopic (exact) mass is 414 g/mol. The van der Waals surface area contributed by atoms with E-state index in [1.165, 1.54) is 6.07 Å². The molecule has 6 nitrogen and oxygen atoms in total. The largest absolute Gasteiger partial charge is 0.326 e. The first kappa shape index (κ1) is 21.0. The van der Waals surface area contributed by atoms with Gasteiger partial charge in [-0.15, -0.1) is 0 Å². The summed E-state index contributed by atoms with van der Waals surface area (Å²) in [5.41, 5.74) is 3.29. The van der Waals surface area contributed by atoms with Crippen LogP contribution in [0.4, 0.5) is 11.4 Å². The van der Waals surface area contributed by atoms with E-state index in [2.05, 4.69) is 5.32 Å². The maximum atomic E-state index is 12.7. The van der Waals surface area contributed by atoms with Gasteiger partial charge in [0.25, 0.3) is 0 Å². The molecule has 3 rings (SSSR count). The van der Waals surface area contributed by atoms with Crippen LogP contribution >= 0.6 is 0 Å². The molecule has 0 spiro atoms. The Labute approximate surface area is 171 Å². The molecule has 1 aliphatic heterocycles. The van der Waals surface area contributed by atoms with Crippen molar-refractivity contribution in [2.45, 2.75) is 51.0 Å². The van der Waals surface area contributed by atoms with Crippen molar-refractivity contribution in [3.63, 3.8) is 0 Å². The summed E-state index contributed by atoms with van der Waals surface area (Å²) in [6.07, 6.45) is 0.905. The fourth-order valence-corrected chi connectivity index (χ4v) is 4.93. The van der Waals surface area contributed by atoms with E-state index in [4.69, 9.17) is 0 Å². The maximum Gasteiger partial charge on any atom is 0.226 e. The number of sulfone groups is 1. The van der Waals surface area contributed by atoms with E-state index in [0.29, 0.717) is 18.5 Å². The van der Waals surface area contributed by atoms with Gasteiger partial charge in [0.1, 0.15) is 0 Å². The number of benzene rings is 2. The van der Waals surface area contributed by atoms with Gasteiger partial charge in [-0.1, -0.05) is 19.1 Å². The molecule has 0 saturated carbocycles. The highest BCUT2D eigenvalue weighted by molar-refractivity contribution is 7.91. The molecule has 0 radical (unpaired) electrons. The van der Waals surface area contributed by atoms with E-state index >= 15 is 0 Å². The van der Waals surface area contributed by atoms with Crippen molar-refractivity contribution >= 4 is 33.0 Å². The minimum absolute atomic E-state index is 0.00973. The summed E-state index contributed by atoms with van der Waals surface area (Å²) < 4.78 is 25.5. The van der Waals surface area contributed by atoms with Crippen LogP contribution in [-0.2, 0) is 25.8 Å². The molecule has 154 valence electrons. The molecule has 2 aromatic carbocycles. The zero-order chi connectivity index (χ0) is 21.2. The van der Waals surface area contributed by atoms with Crippen molar-refractivity contribution in [3.05, 3.63) is 53.6 Å². The second-order valence-electron chi connectivity index (χ2n) is 7.45. The van der Waals surface area contributed by atoms with Gasteiger partial charge in [0.05, 0.1) is 10.6 Å². The molecule has 2 aromatic rings. The number of anilines is 2. The zero-order valence-corrected chi connectivity index (χ0v) is 17.8. The molecule has 1 heterocycles. The molecule has 2 amide bonds. The van der Waals surface area contributed by atoms with E-state index in [-0.39, 0.29) is 34.9 Å². The summed E-state index contributed by atoms with van der Waals surface area (Å²) in [4.78, 5) is 26.3. The van der Waals surface area contributed by atoms with Crippen LogP contribution in [0.1, 0.15) is 37.8 Å². The molecule has 0 saturated heterocycles. The first-order chi connectivity index (χ1) is 13.7. The van der Waals surface area contributed by atoms with Crippen molar-refractivity contribution in [1.29, 1.82) is 0 Å². The summed E-state index contributed by atoms with van der Waals surface area (Å²) in [5.74, 6) is -0.579. The SMILES string of the molecule is CCC(=O)N1c2ccc(S(=O)(=O)CCC(=O)Nc3cccc(C)c3)cc2C[C@H]1C. The van der Waals surface area contributed by atoms with Gasteiger partial charge in [-0.2, -0.15) is 0 Å². The Bertz CT molecular complexity index is 1050. The molecule has 7 heteroatoms. The standard InChI is InChI=1S/C22H26N2O4S/c1-4-22(26)24-16(3)13-17-14-19(8-9-20(17)24)29(27,28)11-10-21(25)23-18-7-5-6-15(2)12-18/h5-9,12,14,16H,4,10-11,13H2,1-3H3,(H,23,25)/t16-/m1/s1. The van der Waals surface area contributed by atoms with E-state index in [1.807, 2.05) is 39.0 Å². The van der Waals surface area contributed by atoms with Gasteiger partial charge < -0.3 is 10.2 Å². The number of hydrogen-bond acceptors (Lipinski definition) is 4. The fourth-order valence-electron chi connectivity index (χ4n) is 3.64. The molecule has 0 fully saturated rings. The molecular weight excluding hydrogens is 388 g/mol. The molecule has 0 aliphatic carbocycles. The zero-order valence-electron chi connectivity index (χ0n) is 16.9. The smallest absolute Gasteiger partial charge is 0.226 e. The molecule has 0 unspecified atom stereocenters. The Morgan fingerprint density at radius 1 is 1.17 bits per heavy atom. The molecule has 29 heavy (non-hydrogen) atoms. The number of hydrogen-bond donors (Lipinski definition) is 1. The minimum atomic E-state index is -3.60. The van der Waals surface area contributed by atoms with Crippen molar-refractivity contribution in [2.24, 2.45) is 0 Å². The van der Waals surface area contributed by atoms with Crippen molar-refractivity contribution in [1.82, 2.24) is 0 Å². The number of nitrogens with one attached hydrogen (secondary N) is 1. The summed E-state index contributed by atoms with van der Waals surface area (Å²) in [5, 5.41) is 2.73. The van der Waals surface area contributed by atoms with Gasteiger partial charge in [0.15, 0.2) is 9.84 Å². The maximum absolute atomic E-state index is 12.7. The van der Waals surface area contributed by atoms with Gasteiger partial charge in [-0.3, -0.25) is 9.59 Å². The second kappa shape index (κ2) is 8.37. The second-order valence-corrected chi connectivity index (χ2v) is 9.56. The van der Waals surface area contributed by atoms with Gasteiger partial charge in [-0.25, -0.2) is 8.42 Å². The van der Waals surface area contributed by atoms with Crippen LogP contribution in [0.25, 0.3) is 0 Å². The summed E-state index contributed by atoms with van der Waals surface area (Å²) >= 11 is 0. The van der Waals surface area contributed by atoms with Crippen LogP contribution in [0.3, 0.4) is 0 Å². The first-order valence-corrected chi connectivity index (χ1v) is 11.4. The van der Waals surface area contributed by atoms with Crippen molar-refractivity contribution < 1.29 is 18.0 Å². The highest BCUT2D eigenvalue weighted by Gasteiger charge is 2.31. The topological polar surface area (TPSA) is 83.6 Å². The van der Waals surface area contributed by atoms with Gasteiger partial charge in [0, 0.05) is 30.3 Å². The van der Waals surface area contributed by atoms with Gasteiger partial charge in [0.2, 0.25) is 11.8 Å². The molecule has 0 bridgehead atoms. The van der Waals surface area contributed by atoms with E-state index < -0.39 is 9.84 Å². The van der Waals surface area contributed by atoms with Crippen LogP contribution in [0.15, 0.2) is 47.4 Å². The Balaban J connectivity index is 1.70. The van der Waals surface area contributed by atoms with Crippen LogP contribution in [-0.4, -0.2) is 32.0 Å². The summed E-state index contributed by atoms with van der Waals surface area (Å²) in [7, 11) is -3.60. The summed E-state index contributed by atoms with van der Waals surface area (Å²) in [6, 6.07) is 12.2. The average molecular weight is 415 g/mol. The lowest BCUT2D eigenvalue weighted by atomic mass is 10.1. The van der Waals surface area contributed by atoms with E-state index in [9.17, 15) is 18.0 Å². The third kappa shape index (κ3) is 4.67. The highest BCUT2D eigenvalue weighted by Crippen LogP contribution is 2.34. The fraction of sp³-hybridized carbons (Fsp3) is 0.364. The molecule has 1 atom stereocenters. The lowest BCUT2D eigenvalue weighted by molar-refractivity contribution is -0.118. The lowest BCUT2D eigenvalue weighted by Gasteiger charge is -2.22. The van der Waals surface area contributed by atoms with Crippen molar-refractivity contribution in [2.75, 3.05) is 16.0 Å². The Morgan fingerprint density at radius 2 is 1.93 bits per heavy atom. The number of fused-ring (bicyclic) bond motifs is 1. The number of amides is 2. The Kier molecular flexibility index (Phi) is 6.07. The predicted molar refractivity (Wildman–Crippen MR) is 114 cm³/mol. The quantitative estimate of drug-likeness (QED) is 0.784. The van der Waals surface area contributed by atoms with Crippen LogP contribution in [0.5, 0.6) is 0 Å². The number of carbonyl (C=O) groups excluding carboxylic acids is 2. The van der Waals surface area contributed by atoms with E-state index in [0.717, 1.165) is 16.8 Å². The van der Waals surface area contributed by atoms with Gasteiger partial charge in [-0.05, 0) is 61.7 Å². The Morgan fingerprint density at radius 3 is 2.62 bits per heavy atom. The molecule has 1 aliphatic rings. The number of nitrogens with zero attached hydrogens (tertiary/aromatic N) is 1. The molecule has 0 aromatic heterocycles. The molecular formula is C22H26N2O4S. The number of aryl methyl sites for hydroxylation is 1. The normalized spacial score (nSPS) is 15.8. The first-order valence-electron chi connectivity index (χ1n) is 9.75. The third-order valence-corrected chi connectivity index (χ3v) is 6.81. The lowest BCUT2D eigenvalue weighted by Crippen LogP contribution is -2.35. The van der Waals surface area contributed by atoms with Crippen LogP contribution in [0.2, 0.25) is 0 Å². The van der Waals surface area contributed by atoms with Crippen LogP contribution in [0, 0.1) is 6.92 Å². The third-order valence-electron chi connectivity index (χ3n) is 5.10.